The van der Waals surface area contributed by atoms with Crippen LogP contribution in [0, 0.1) is 0 Å². The lowest BCUT2D eigenvalue weighted by Gasteiger charge is -2.06. The molecule has 3 aromatic rings. The molecule has 98 valence electrons. The van der Waals surface area contributed by atoms with E-state index >= 15 is 0 Å². The van der Waals surface area contributed by atoms with Gasteiger partial charge >= 0.3 is 0 Å². The van der Waals surface area contributed by atoms with E-state index in [4.69, 9.17) is 0 Å². The van der Waals surface area contributed by atoms with Crippen LogP contribution in [-0.2, 0) is 6.42 Å². The van der Waals surface area contributed by atoms with Gasteiger partial charge in [0.1, 0.15) is 0 Å². The minimum Gasteiger partial charge on any atom is -0.392 e. The van der Waals surface area contributed by atoms with Crippen molar-refractivity contribution in [3.05, 3.63) is 64.7 Å². The maximum absolute atomic E-state index is 9.75. The maximum atomic E-state index is 9.75. The second-order valence-corrected chi connectivity index (χ2v) is 5.87. The van der Waals surface area contributed by atoms with Crippen LogP contribution in [0.1, 0.15) is 16.7 Å². The van der Waals surface area contributed by atoms with Crippen LogP contribution in [0.3, 0.4) is 0 Å². The highest BCUT2D eigenvalue weighted by atomic mass is 32.1. The molecule has 0 atom stereocenters. The largest absolute Gasteiger partial charge is 0.392 e. The van der Waals surface area contributed by atoms with Gasteiger partial charge in [-0.15, -0.1) is 11.3 Å². The molecule has 0 amide bonds. The standard InChI is InChI=1S/C17H13NOS/c19-9-15-13-4-2-1-3-11(13)7-14(15)12-5-6-16-17(8-12)20-10-18-16/h1-6,8,10,19H,7,9H2. The summed E-state index contributed by atoms with van der Waals surface area (Å²) in [4.78, 5) is 4.32. The molecule has 1 aliphatic carbocycles. The molecule has 0 saturated carbocycles. The second-order valence-electron chi connectivity index (χ2n) is 4.98. The predicted octanol–water partition coefficient (Wildman–Crippen LogP) is 3.76. The summed E-state index contributed by atoms with van der Waals surface area (Å²) in [5.41, 5.74) is 8.90. The zero-order valence-corrected chi connectivity index (χ0v) is 11.7. The fourth-order valence-corrected chi connectivity index (χ4v) is 3.64. The van der Waals surface area contributed by atoms with Crippen LogP contribution in [0.4, 0.5) is 0 Å². The van der Waals surface area contributed by atoms with Gasteiger partial charge in [-0.05, 0) is 46.4 Å². The summed E-state index contributed by atoms with van der Waals surface area (Å²) in [7, 11) is 0. The molecule has 3 heteroatoms. The van der Waals surface area contributed by atoms with Gasteiger partial charge in [0.05, 0.1) is 22.3 Å². The van der Waals surface area contributed by atoms with E-state index in [9.17, 15) is 5.11 Å². The van der Waals surface area contributed by atoms with Gasteiger partial charge in [0.2, 0.25) is 0 Å². The van der Waals surface area contributed by atoms with Crippen molar-refractivity contribution in [3.63, 3.8) is 0 Å². The third-order valence-electron chi connectivity index (χ3n) is 3.91. The van der Waals surface area contributed by atoms with Crippen molar-refractivity contribution in [2.45, 2.75) is 6.42 Å². The molecule has 1 N–H and O–H groups in total. The molecule has 4 rings (SSSR count). The Balaban J connectivity index is 1.89. The Bertz CT molecular complexity index is 832. The Kier molecular flexibility index (Phi) is 2.69. The van der Waals surface area contributed by atoms with Gasteiger partial charge in [0.25, 0.3) is 0 Å². The van der Waals surface area contributed by atoms with Crippen molar-refractivity contribution in [1.82, 2.24) is 4.98 Å². The van der Waals surface area contributed by atoms with Crippen LogP contribution in [0.25, 0.3) is 21.4 Å². The zero-order valence-electron chi connectivity index (χ0n) is 10.8. The zero-order chi connectivity index (χ0) is 13.5. The Morgan fingerprint density at radius 2 is 2.05 bits per heavy atom. The first kappa shape index (κ1) is 11.8. The Morgan fingerprint density at radius 1 is 1.15 bits per heavy atom. The lowest BCUT2D eigenvalue weighted by Crippen LogP contribution is -1.91. The predicted molar refractivity (Wildman–Crippen MR) is 83.7 cm³/mol. The molecule has 0 radical (unpaired) electrons. The minimum atomic E-state index is 0.0904. The smallest absolute Gasteiger partial charge is 0.0812 e. The number of allylic oxidation sites excluding steroid dienone is 1. The number of nitrogens with zero attached hydrogens (tertiary/aromatic N) is 1. The van der Waals surface area contributed by atoms with Crippen LogP contribution >= 0.6 is 11.3 Å². The maximum Gasteiger partial charge on any atom is 0.0812 e. The van der Waals surface area contributed by atoms with E-state index in [2.05, 4.69) is 41.4 Å². The lowest BCUT2D eigenvalue weighted by atomic mass is 10.0. The number of fused-ring (bicyclic) bond motifs is 2. The average molecular weight is 279 g/mol. The summed E-state index contributed by atoms with van der Waals surface area (Å²) < 4.78 is 1.20. The van der Waals surface area contributed by atoms with E-state index in [1.54, 1.807) is 11.3 Å². The summed E-state index contributed by atoms with van der Waals surface area (Å²) in [5, 5.41) is 9.75. The minimum absolute atomic E-state index is 0.0904. The molecule has 0 saturated heterocycles. The van der Waals surface area contributed by atoms with Gasteiger partial charge in [0.15, 0.2) is 0 Å². The fourth-order valence-electron chi connectivity index (χ4n) is 2.93. The van der Waals surface area contributed by atoms with E-state index in [1.165, 1.54) is 27.0 Å². The van der Waals surface area contributed by atoms with Crippen LogP contribution in [0.5, 0.6) is 0 Å². The molecule has 20 heavy (non-hydrogen) atoms. The average Bonchev–Trinajstić information content (AvgIpc) is 3.10. The van der Waals surface area contributed by atoms with Crippen LogP contribution < -0.4 is 0 Å². The van der Waals surface area contributed by atoms with Crippen molar-refractivity contribution < 1.29 is 5.11 Å². The van der Waals surface area contributed by atoms with E-state index in [0.717, 1.165) is 17.5 Å². The number of aliphatic hydroxyl groups excluding tert-OH is 1. The van der Waals surface area contributed by atoms with Crippen molar-refractivity contribution >= 4 is 32.7 Å². The first-order chi connectivity index (χ1) is 9.86. The highest BCUT2D eigenvalue weighted by Crippen LogP contribution is 2.38. The van der Waals surface area contributed by atoms with Crippen molar-refractivity contribution in [1.29, 1.82) is 0 Å². The van der Waals surface area contributed by atoms with Gasteiger partial charge in [-0.25, -0.2) is 4.98 Å². The van der Waals surface area contributed by atoms with E-state index in [0.29, 0.717) is 0 Å². The van der Waals surface area contributed by atoms with Crippen LogP contribution in [0.15, 0.2) is 48.0 Å². The number of benzene rings is 2. The van der Waals surface area contributed by atoms with E-state index < -0.39 is 0 Å². The summed E-state index contributed by atoms with van der Waals surface area (Å²) in [5.74, 6) is 0. The van der Waals surface area contributed by atoms with E-state index in [1.807, 2.05) is 11.6 Å². The number of aromatic nitrogens is 1. The molecule has 0 spiro atoms. The molecule has 0 aliphatic heterocycles. The van der Waals surface area contributed by atoms with Crippen molar-refractivity contribution in [2.24, 2.45) is 0 Å². The van der Waals surface area contributed by atoms with Gasteiger partial charge in [0, 0.05) is 0 Å². The highest BCUT2D eigenvalue weighted by molar-refractivity contribution is 7.16. The van der Waals surface area contributed by atoms with Crippen LogP contribution in [0.2, 0.25) is 0 Å². The molecule has 0 bridgehead atoms. The summed E-state index contributed by atoms with van der Waals surface area (Å²) in [6, 6.07) is 14.7. The fraction of sp³-hybridized carbons (Fsp3) is 0.118. The molecule has 1 aromatic heterocycles. The molecule has 0 unspecified atom stereocenters. The van der Waals surface area contributed by atoms with Gasteiger partial charge < -0.3 is 5.11 Å². The molecule has 2 aromatic carbocycles. The first-order valence-corrected chi connectivity index (χ1v) is 7.49. The molecule has 2 nitrogen and oxygen atoms in total. The molecule has 1 heterocycles. The topological polar surface area (TPSA) is 33.1 Å². The molecule has 0 fully saturated rings. The Hall–Kier alpha value is -1.97. The molecular weight excluding hydrogens is 266 g/mol. The lowest BCUT2D eigenvalue weighted by molar-refractivity contribution is 0.350. The summed E-state index contributed by atoms with van der Waals surface area (Å²) >= 11 is 1.66. The SMILES string of the molecule is OCC1=C(c2ccc3ncsc3c2)Cc2ccccc21. The number of rotatable bonds is 2. The third kappa shape index (κ3) is 1.71. The number of hydrogen-bond acceptors (Lipinski definition) is 3. The first-order valence-electron chi connectivity index (χ1n) is 6.61. The molecule has 1 aliphatic rings. The van der Waals surface area contributed by atoms with Crippen molar-refractivity contribution in [2.75, 3.05) is 6.61 Å². The van der Waals surface area contributed by atoms with Gasteiger partial charge in [-0.3, -0.25) is 0 Å². The van der Waals surface area contributed by atoms with E-state index in [-0.39, 0.29) is 6.61 Å². The number of thiazole rings is 1. The number of aliphatic hydroxyl groups is 1. The third-order valence-corrected chi connectivity index (χ3v) is 4.70. The normalized spacial score (nSPS) is 14.1. The molecular formula is C17H13NOS. The summed E-state index contributed by atoms with van der Waals surface area (Å²) in [6.45, 7) is 0.0904. The summed E-state index contributed by atoms with van der Waals surface area (Å²) in [6.07, 6.45) is 0.899. The Labute approximate surface area is 121 Å². The number of hydrogen-bond donors (Lipinski definition) is 1. The Morgan fingerprint density at radius 3 is 2.95 bits per heavy atom. The second kappa shape index (κ2) is 4.54. The van der Waals surface area contributed by atoms with Gasteiger partial charge in [-0.1, -0.05) is 30.3 Å². The van der Waals surface area contributed by atoms with Crippen LogP contribution in [-0.4, -0.2) is 16.7 Å². The van der Waals surface area contributed by atoms with Gasteiger partial charge in [-0.2, -0.15) is 0 Å². The monoisotopic (exact) mass is 279 g/mol. The van der Waals surface area contributed by atoms with Crippen molar-refractivity contribution in [3.8, 4) is 0 Å². The highest BCUT2D eigenvalue weighted by Gasteiger charge is 2.21. The quantitative estimate of drug-likeness (QED) is 0.775.